The van der Waals surface area contributed by atoms with Gasteiger partial charge in [-0.25, -0.2) is 0 Å². The minimum Gasteiger partial charge on any atom is -0.497 e. The lowest BCUT2D eigenvalue weighted by Gasteiger charge is -2.13. The average molecular weight is 611 g/mol. The van der Waals surface area contributed by atoms with Crippen molar-refractivity contribution in [3.05, 3.63) is 105 Å². The zero-order valence-electron chi connectivity index (χ0n) is 20.0. The molecule has 0 radical (unpaired) electrons. The Kier molecular flexibility index (Phi) is 7.29. The number of hydrogen-bond acceptors (Lipinski definition) is 7. The van der Waals surface area contributed by atoms with Crippen molar-refractivity contribution in [2.45, 2.75) is 11.4 Å². The number of benzene rings is 4. The Labute approximate surface area is 232 Å². The summed E-state index contributed by atoms with van der Waals surface area (Å²) in [5.41, 5.74) is 1.46. The van der Waals surface area contributed by atoms with Gasteiger partial charge in [0, 0.05) is 0 Å². The summed E-state index contributed by atoms with van der Waals surface area (Å²) >= 11 is 4.21. The van der Waals surface area contributed by atoms with Crippen LogP contribution in [0.2, 0.25) is 0 Å². The highest BCUT2D eigenvalue weighted by atomic mass is 79.9. The first kappa shape index (κ1) is 26.0. The number of hydrogen-bond donors (Lipinski definition) is 0. The van der Waals surface area contributed by atoms with E-state index in [1.165, 1.54) is 42.3 Å². The van der Waals surface area contributed by atoms with Crippen LogP contribution in [0.25, 0.3) is 16.8 Å². The van der Waals surface area contributed by atoms with Gasteiger partial charge in [0.05, 0.1) is 23.0 Å². The largest absolute Gasteiger partial charge is 0.497 e. The van der Waals surface area contributed by atoms with E-state index in [4.69, 9.17) is 8.92 Å². The molecule has 0 saturated carbocycles. The number of amides is 2. The molecule has 4 aromatic rings. The molecule has 0 aromatic heterocycles. The van der Waals surface area contributed by atoms with Crippen molar-refractivity contribution in [2.24, 2.45) is 0 Å². The predicted molar refractivity (Wildman–Crippen MR) is 150 cm³/mol. The van der Waals surface area contributed by atoms with Gasteiger partial charge in [-0.3, -0.25) is 14.5 Å². The molecular weight excluding hydrogens is 590 g/mol. The molecule has 4 aromatic carbocycles. The van der Waals surface area contributed by atoms with E-state index < -0.39 is 10.1 Å². The fourth-order valence-corrected chi connectivity index (χ4v) is 6.26. The molecule has 7 nitrogen and oxygen atoms in total. The van der Waals surface area contributed by atoms with Crippen molar-refractivity contribution >= 4 is 65.8 Å². The number of imide groups is 1. The van der Waals surface area contributed by atoms with Crippen LogP contribution in [0.4, 0.5) is 4.79 Å². The van der Waals surface area contributed by atoms with Crippen LogP contribution < -0.4 is 8.92 Å². The van der Waals surface area contributed by atoms with Gasteiger partial charge in [0.25, 0.3) is 11.1 Å². The smallest absolute Gasteiger partial charge is 0.339 e. The highest BCUT2D eigenvalue weighted by molar-refractivity contribution is 9.10. The standard InChI is InChI=1S/C28H20BrNO6S2/c1-35-22-9-11-23(12-10-22)38(33,34)36-25-13-7-18(15-24(25)29)16-26-27(31)30(28(32)37-26)17-19-6-8-20-4-2-3-5-21(20)14-19/h2-16H,17H2,1H3/b26-16-. The first-order chi connectivity index (χ1) is 18.2. The summed E-state index contributed by atoms with van der Waals surface area (Å²) < 4.78 is 36.1. The van der Waals surface area contributed by atoms with Gasteiger partial charge in [0.2, 0.25) is 0 Å². The number of methoxy groups -OCH3 is 1. The first-order valence-electron chi connectivity index (χ1n) is 11.3. The van der Waals surface area contributed by atoms with E-state index in [1.54, 1.807) is 18.2 Å². The van der Waals surface area contributed by atoms with E-state index in [0.717, 1.165) is 28.1 Å². The summed E-state index contributed by atoms with van der Waals surface area (Å²) in [5, 5.41) is 1.77. The second-order valence-electron chi connectivity index (χ2n) is 8.35. The maximum absolute atomic E-state index is 13.0. The van der Waals surface area contributed by atoms with Crippen molar-refractivity contribution in [1.82, 2.24) is 4.90 Å². The second kappa shape index (κ2) is 10.6. The zero-order valence-corrected chi connectivity index (χ0v) is 23.2. The van der Waals surface area contributed by atoms with Gasteiger partial charge < -0.3 is 8.92 Å². The monoisotopic (exact) mass is 609 g/mol. The minimum atomic E-state index is -4.07. The molecule has 10 heteroatoms. The van der Waals surface area contributed by atoms with Crippen LogP contribution in [0.15, 0.2) is 99.2 Å². The van der Waals surface area contributed by atoms with Crippen LogP contribution in [-0.4, -0.2) is 31.6 Å². The Morgan fingerprint density at radius 2 is 1.66 bits per heavy atom. The number of thioether (sulfide) groups is 1. The molecule has 1 aliphatic rings. The molecule has 0 unspecified atom stereocenters. The molecule has 0 N–H and O–H groups in total. The van der Waals surface area contributed by atoms with Crippen molar-refractivity contribution in [3.8, 4) is 11.5 Å². The van der Waals surface area contributed by atoms with E-state index in [-0.39, 0.29) is 33.2 Å². The number of nitrogens with zero attached hydrogens (tertiary/aromatic N) is 1. The van der Waals surface area contributed by atoms with Gasteiger partial charge in [-0.05, 0) is 98.1 Å². The molecule has 1 saturated heterocycles. The highest BCUT2D eigenvalue weighted by Gasteiger charge is 2.35. The van der Waals surface area contributed by atoms with Crippen molar-refractivity contribution in [3.63, 3.8) is 0 Å². The molecule has 1 aliphatic heterocycles. The number of carbonyl (C=O) groups excluding carboxylic acids is 2. The predicted octanol–water partition coefficient (Wildman–Crippen LogP) is 6.62. The summed E-state index contributed by atoms with van der Waals surface area (Å²) in [6.07, 6.45) is 1.60. The molecule has 1 heterocycles. The van der Waals surface area contributed by atoms with E-state index in [1.807, 2.05) is 42.5 Å². The average Bonchev–Trinajstić information content (AvgIpc) is 3.17. The third kappa shape index (κ3) is 5.47. The maximum Gasteiger partial charge on any atom is 0.339 e. The Balaban J connectivity index is 1.31. The lowest BCUT2D eigenvalue weighted by atomic mass is 10.1. The third-order valence-electron chi connectivity index (χ3n) is 5.83. The number of fused-ring (bicyclic) bond motifs is 1. The van der Waals surface area contributed by atoms with Crippen molar-refractivity contribution in [2.75, 3.05) is 7.11 Å². The van der Waals surface area contributed by atoms with Crippen molar-refractivity contribution in [1.29, 1.82) is 0 Å². The minimum absolute atomic E-state index is 0.0191. The SMILES string of the molecule is COc1ccc(S(=O)(=O)Oc2ccc(/C=C3\SC(=O)N(Cc4ccc5ccccc5c4)C3=O)cc2Br)cc1. The summed E-state index contributed by atoms with van der Waals surface area (Å²) in [4.78, 5) is 27.1. The Bertz CT molecular complexity index is 1700. The van der Waals surface area contributed by atoms with Crippen LogP contribution in [-0.2, 0) is 21.5 Å². The van der Waals surface area contributed by atoms with Gasteiger partial charge in [0.1, 0.15) is 10.6 Å². The summed E-state index contributed by atoms with van der Waals surface area (Å²) in [6, 6.07) is 24.3. The molecule has 5 rings (SSSR count). The fraction of sp³-hybridized carbons (Fsp3) is 0.0714. The topological polar surface area (TPSA) is 90.0 Å². The highest BCUT2D eigenvalue weighted by Crippen LogP contribution is 2.35. The van der Waals surface area contributed by atoms with E-state index >= 15 is 0 Å². The number of rotatable bonds is 7. The molecule has 1 fully saturated rings. The molecule has 0 spiro atoms. The van der Waals surface area contributed by atoms with E-state index in [2.05, 4.69) is 15.9 Å². The fourth-order valence-electron chi connectivity index (χ4n) is 3.89. The summed E-state index contributed by atoms with van der Waals surface area (Å²) in [7, 11) is -2.58. The zero-order chi connectivity index (χ0) is 26.9. The van der Waals surface area contributed by atoms with Gasteiger partial charge in [-0.1, -0.05) is 42.5 Å². The lowest BCUT2D eigenvalue weighted by Crippen LogP contribution is -2.27. The molecular formula is C28H20BrNO6S2. The van der Waals surface area contributed by atoms with E-state index in [9.17, 15) is 18.0 Å². The summed E-state index contributed by atoms with van der Waals surface area (Å²) in [5.74, 6) is 0.227. The molecule has 192 valence electrons. The Morgan fingerprint density at radius 3 is 2.37 bits per heavy atom. The van der Waals surface area contributed by atoms with Crippen molar-refractivity contribution < 1.29 is 26.9 Å². The lowest BCUT2D eigenvalue weighted by molar-refractivity contribution is -0.123. The van der Waals surface area contributed by atoms with Crippen LogP contribution in [0, 0.1) is 0 Å². The maximum atomic E-state index is 13.0. The van der Waals surface area contributed by atoms with Gasteiger partial charge >= 0.3 is 10.1 Å². The first-order valence-corrected chi connectivity index (χ1v) is 14.4. The number of halogens is 1. The van der Waals surface area contributed by atoms with Gasteiger partial charge in [0.15, 0.2) is 5.75 Å². The van der Waals surface area contributed by atoms with Crippen LogP contribution >= 0.6 is 27.7 Å². The second-order valence-corrected chi connectivity index (χ2v) is 11.7. The molecule has 38 heavy (non-hydrogen) atoms. The van der Waals surface area contributed by atoms with Crippen LogP contribution in [0.3, 0.4) is 0 Å². The van der Waals surface area contributed by atoms with E-state index in [0.29, 0.717) is 15.8 Å². The number of carbonyl (C=O) groups is 2. The Hall–Kier alpha value is -3.60. The third-order valence-corrected chi connectivity index (χ3v) is 8.61. The van der Waals surface area contributed by atoms with Crippen LogP contribution in [0.1, 0.15) is 11.1 Å². The molecule has 0 aliphatic carbocycles. The number of ether oxygens (including phenoxy) is 1. The normalized spacial score (nSPS) is 14.9. The van der Waals surface area contributed by atoms with Gasteiger partial charge in [-0.2, -0.15) is 8.42 Å². The van der Waals surface area contributed by atoms with Gasteiger partial charge in [-0.15, -0.1) is 0 Å². The molecule has 0 atom stereocenters. The molecule has 0 bridgehead atoms. The van der Waals surface area contributed by atoms with Crippen LogP contribution in [0.5, 0.6) is 11.5 Å². The quantitative estimate of drug-likeness (QED) is 0.172. The Morgan fingerprint density at radius 1 is 0.921 bits per heavy atom. The summed E-state index contributed by atoms with van der Waals surface area (Å²) in [6.45, 7) is 0.173. The molecule has 2 amide bonds.